The molecule has 4 heteroatoms. The summed E-state index contributed by atoms with van der Waals surface area (Å²) in [6, 6.07) is 10.0. The zero-order valence-electron chi connectivity index (χ0n) is 10.7. The number of thioether (sulfide) groups is 1. The molecule has 0 bridgehead atoms. The number of carbonyl (C=O) groups is 1. The number of benzene rings is 1. The van der Waals surface area contributed by atoms with Crippen molar-refractivity contribution in [1.29, 1.82) is 0 Å². The van der Waals surface area contributed by atoms with Crippen molar-refractivity contribution < 1.29 is 4.79 Å². The van der Waals surface area contributed by atoms with Gasteiger partial charge in [-0.15, -0.1) is 11.8 Å². The van der Waals surface area contributed by atoms with E-state index in [1.807, 2.05) is 30.3 Å². The highest BCUT2D eigenvalue weighted by Gasteiger charge is 2.03. The molecule has 1 atom stereocenters. The number of nitrogens with one attached hydrogen (secondary N) is 1. The van der Waals surface area contributed by atoms with Crippen molar-refractivity contribution in [3.8, 4) is 0 Å². The van der Waals surface area contributed by atoms with Gasteiger partial charge < -0.3 is 5.32 Å². The van der Waals surface area contributed by atoms with Crippen LogP contribution in [0.1, 0.15) is 19.8 Å². The molecule has 1 rings (SSSR count). The number of alkyl halides is 1. The van der Waals surface area contributed by atoms with E-state index in [0.29, 0.717) is 11.7 Å². The molecule has 18 heavy (non-hydrogen) atoms. The van der Waals surface area contributed by atoms with Crippen LogP contribution in [0.3, 0.4) is 0 Å². The van der Waals surface area contributed by atoms with Crippen LogP contribution in [-0.4, -0.2) is 23.5 Å². The lowest BCUT2D eigenvalue weighted by Crippen LogP contribution is -2.26. The van der Waals surface area contributed by atoms with Crippen molar-refractivity contribution in [3.63, 3.8) is 0 Å². The molecule has 0 fully saturated rings. The highest BCUT2D eigenvalue weighted by Crippen LogP contribution is 2.16. The molecular weight excluding hydrogens is 310 g/mol. The summed E-state index contributed by atoms with van der Waals surface area (Å²) >= 11 is 5.03. The first-order chi connectivity index (χ1) is 8.72. The Morgan fingerprint density at radius 3 is 2.78 bits per heavy atom. The summed E-state index contributed by atoms with van der Waals surface area (Å²) < 4.78 is 0. The fourth-order valence-electron chi connectivity index (χ4n) is 1.47. The number of hydrogen-bond acceptors (Lipinski definition) is 2. The predicted octanol–water partition coefficient (Wildman–Crippen LogP) is 3.71. The summed E-state index contributed by atoms with van der Waals surface area (Å²) in [5.74, 6) is 1.30. The third kappa shape index (κ3) is 7.07. The topological polar surface area (TPSA) is 29.1 Å². The quantitative estimate of drug-likeness (QED) is 0.447. The highest BCUT2D eigenvalue weighted by atomic mass is 79.9. The first kappa shape index (κ1) is 15.6. The molecule has 1 unspecified atom stereocenters. The molecule has 1 amide bonds. The third-order valence-electron chi connectivity index (χ3n) is 2.57. The molecule has 2 nitrogen and oxygen atoms in total. The van der Waals surface area contributed by atoms with Crippen LogP contribution >= 0.6 is 27.7 Å². The van der Waals surface area contributed by atoms with Gasteiger partial charge >= 0.3 is 0 Å². The Labute approximate surface area is 122 Å². The monoisotopic (exact) mass is 329 g/mol. The van der Waals surface area contributed by atoms with Crippen LogP contribution in [-0.2, 0) is 4.79 Å². The van der Waals surface area contributed by atoms with Crippen molar-refractivity contribution in [2.45, 2.75) is 24.7 Å². The minimum absolute atomic E-state index is 0.121. The normalized spacial score (nSPS) is 12.1. The maximum Gasteiger partial charge on any atom is 0.230 e. The molecule has 0 saturated heterocycles. The number of carbonyl (C=O) groups excluding carboxylic acids is 1. The second-order valence-corrected chi connectivity index (χ2v) is 6.05. The van der Waals surface area contributed by atoms with Crippen LogP contribution in [0.5, 0.6) is 0 Å². The smallest absolute Gasteiger partial charge is 0.230 e. The molecular formula is C14H20BrNOS. The predicted molar refractivity (Wildman–Crippen MR) is 82.4 cm³/mol. The van der Waals surface area contributed by atoms with Crippen LogP contribution in [0.2, 0.25) is 0 Å². The van der Waals surface area contributed by atoms with E-state index in [9.17, 15) is 4.79 Å². The lowest BCUT2D eigenvalue weighted by molar-refractivity contribution is -0.118. The lowest BCUT2D eigenvalue weighted by atomic mass is 10.1. The number of rotatable bonds is 8. The zero-order chi connectivity index (χ0) is 13.2. The van der Waals surface area contributed by atoms with E-state index in [0.717, 1.165) is 29.6 Å². The average Bonchev–Trinajstić information content (AvgIpc) is 2.42. The lowest BCUT2D eigenvalue weighted by Gasteiger charge is -2.08. The largest absolute Gasteiger partial charge is 0.355 e. The Morgan fingerprint density at radius 1 is 1.39 bits per heavy atom. The van der Waals surface area contributed by atoms with Crippen molar-refractivity contribution in [2.24, 2.45) is 5.92 Å². The maximum absolute atomic E-state index is 11.6. The molecule has 1 N–H and O–H groups in total. The van der Waals surface area contributed by atoms with Gasteiger partial charge in [-0.05, 0) is 30.9 Å². The molecule has 0 saturated carbocycles. The second-order valence-electron chi connectivity index (χ2n) is 4.35. The van der Waals surface area contributed by atoms with E-state index >= 15 is 0 Å². The zero-order valence-corrected chi connectivity index (χ0v) is 13.1. The molecule has 0 spiro atoms. The molecule has 0 aromatic heterocycles. The maximum atomic E-state index is 11.6. The number of hydrogen-bond donors (Lipinski definition) is 1. The third-order valence-corrected chi connectivity index (χ3v) is 4.69. The van der Waals surface area contributed by atoms with Gasteiger partial charge in [-0.25, -0.2) is 0 Å². The molecule has 0 heterocycles. The minimum Gasteiger partial charge on any atom is -0.355 e. The van der Waals surface area contributed by atoms with Crippen LogP contribution in [0.25, 0.3) is 0 Å². The Kier molecular flexibility index (Phi) is 8.18. The second kappa shape index (κ2) is 9.45. The molecule has 0 radical (unpaired) electrons. The van der Waals surface area contributed by atoms with E-state index in [1.54, 1.807) is 11.8 Å². The molecule has 0 aliphatic carbocycles. The van der Waals surface area contributed by atoms with E-state index in [1.165, 1.54) is 0 Å². The van der Waals surface area contributed by atoms with Gasteiger partial charge in [0.25, 0.3) is 0 Å². The SMILES string of the molecule is CC(CBr)CCCNC(=O)CSc1ccccc1. The van der Waals surface area contributed by atoms with Crippen LogP contribution in [0.4, 0.5) is 0 Å². The van der Waals surface area contributed by atoms with Crippen molar-refractivity contribution in [2.75, 3.05) is 17.6 Å². The molecule has 0 aliphatic heterocycles. The summed E-state index contributed by atoms with van der Waals surface area (Å²) in [6.07, 6.45) is 2.20. The molecule has 0 aliphatic rings. The van der Waals surface area contributed by atoms with Gasteiger partial charge in [0.05, 0.1) is 5.75 Å². The van der Waals surface area contributed by atoms with Crippen LogP contribution < -0.4 is 5.32 Å². The van der Waals surface area contributed by atoms with Crippen molar-refractivity contribution >= 4 is 33.6 Å². The average molecular weight is 330 g/mol. The van der Waals surface area contributed by atoms with Gasteiger partial charge in [-0.2, -0.15) is 0 Å². The van der Waals surface area contributed by atoms with Crippen LogP contribution in [0.15, 0.2) is 35.2 Å². The number of amides is 1. The molecule has 1 aromatic carbocycles. The standard InChI is InChI=1S/C14H20BrNOS/c1-12(10-15)6-5-9-16-14(17)11-18-13-7-3-2-4-8-13/h2-4,7-8,12H,5-6,9-11H2,1H3,(H,16,17). The summed E-state index contributed by atoms with van der Waals surface area (Å²) in [5.41, 5.74) is 0. The van der Waals surface area contributed by atoms with Crippen molar-refractivity contribution in [1.82, 2.24) is 5.32 Å². The highest BCUT2D eigenvalue weighted by molar-refractivity contribution is 9.09. The van der Waals surface area contributed by atoms with E-state index < -0.39 is 0 Å². The first-order valence-corrected chi connectivity index (χ1v) is 8.33. The summed E-state index contributed by atoms with van der Waals surface area (Å²) in [6.45, 7) is 2.99. The summed E-state index contributed by atoms with van der Waals surface area (Å²) in [7, 11) is 0. The summed E-state index contributed by atoms with van der Waals surface area (Å²) in [4.78, 5) is 12.7. The van der Waals surface area contributed by atoms with Gasteiger partial charge in [-0.3, -0.25) is 4.79 Å². The van der Waals surface area contributed by atoms with Gasteiger partial charge in [0.15, 0.2) is 0 Å². The molecule has 1 aromatic rings. The Hall–Kier alpha value is -0.480. The summed E-state index contributed by atoms with van der Waals surface area (Å²) in [5, 5.41) is 3.99. The fraction of sp³-hybridized carbons (Fsp3) is 0.500. The van der Waals surface area contributed by atoms with E-state index in [2.05, 4.69) is 28.2 Å². The van der Waals surface area contributed by atoms with E-state index in [-0.39, 0.29) is 5.91 Å². The fourth-order valence-corrected chi connectivity index (χ4v) is 2.55. The Bertz CT molecular complexity index is 345. The Balaban J connectivity index is 2.07. The minimum atomic E-state index is 0.121. The first-order valence-electron chi connectivity index (χ1n) is 6.23. The number of halogens is 1. The Morgan fingerprint density at radius 2 is 2.11 bits per heavy atom. The van der Waals surface area contributed by atoms with Gasteiger partial charge in [0, 0.05) is 16.8 Å². The van der Waals surface area contributed by atoms with Gasteiger partial charge in [0.2, 0.25) is 5.91 Å². The van der Waals surface area contributed by atoms with Gasteiger partial charge in [-0.1, -0.05) is 41.1 Å². The van der Waals surface area contributed by atoms with Gasteiger partial charge in [0.1, 0.15) is 0 Å². The van der Waals surface area contributed by atoms with Crippen LogP contribution in [0, 0.1) is 5.92 Å². The van der Waals surface area contributed by atoms with E-state index in [4.69, 9.17) is 0 Å². The molecule has 100 valence electrons. The van der Waals surface area contributed by atoms with Crippen molar-refractivity contribution in [3.05, 3.63) is 30.3 Å².